The number of fused-ring (bicyclic) bond motifs is 4. The molecule has 2 bridgehead atoms. The Balaban J connectivity index is 1.62. The van der Waals surface area contributed by atoms with Gasteiger partial charge in [0.2, 0.25) is 0 Å². The summed E-state index contributed by atoms with van der Waals surface area (Å²) in [5.74, 6) is -0.845. The van der Waals surface area contributed by atoms with Gasteiger partial charge in [-0.1, -0.05) is 17.7 Å². The Labute approximate surface area is 140 Å². The minimum atomic E-state index is -3.95. The number of hydrogen-bond acceptors (Lipinski definition) is 7. The molecule has 3 saturated heterocycles. The summed E-state index contributed by atoms with van der Waals surface area (Å²) in [5, 5.41) is 0. The van der Waals surface area contributed by atoms with Crippen LogP contribution in [0.4, 0.5) is 0 Å². The van der Waals surface area contributed by atoms with Gasteiger partial charge in [-0.05, 0) is 32.9 Å². The summed E-state index contributed by atoms with van der Waals surface area (Å²) in [7, 11) is -3.95. The molecular weight excluding hydrogens is 336 g/mol. The molecule has 3 aliphatic heterocycles. The molecule has 132 valence electrons. The Morgan fingerprint density at radius 2 is 1.79 bits per heavy atom. The molecule has 1 aromatic carbocycles. The summed E-state index contributed by atoms with van der Waals surface area (Å²) in [6, 6.07) is 6.50. The first-order valence-corrected chi connectivity index (χ1v) is 9.29. The van der Waals surface area contributed by atoms with Crippen molar-refractivity contribution >= 4 is 10.1 Å². The Morgan fingerprint density at radius 3 is 2.50 bits per heavy atom. The highest BCUT2D eigenvalue weighted by Gasteiger charge is 2.60. The Hall–Kier alpha value is -1.03. The summed E-state index contributed by atoms with van der Waals surface area (Å²) in [6.07, 6.45) is -2.96. The molecule has 0 aromatic heterocycles. The fourth-order valence-corrected chi connectivity index (χ4v) is 4.41. The molecule has 0 aliphatic carbocycles. The molecule has 0 unspecified atom stereocenters. The van der Waals surface area contributed by atoms with Gasteiger partial charge < -0.3 is 18.9 Å². The first-order valence-electron chi connectivity index (χ1n) is 7.88. The molecule has 5 atom stereocenters. The summed E-state index contributed by atoms with van der Waals surface area (Å²) < 4.78 is 53.7. The lowest BCUT2D eigenvalue weighted by Crippen LogP contribution is -2.54. The van der Waals surface area contributed by atoms with Crippen LogP contribution in [0.1, 0.15) is 19.4 Å². The fourth-order valence-electron chi connectivity index (χ4n) is 3.30. The summed E-state index contributed by atoms with van der Waals surface area (Å²) in [4.78, 5) is 0.101. The second-order valence-electron chi connectivity index (χ2n) is 6.77. The van der Waals surface area contributed by atoms with E-state index in [1.807, 2.05) is 6.92 Å². The van der Waals surface area contributed by atoms with Gasteiger partial charge in [-0.25, -0.2) is 0 Å². The van der Waals surface area contributed by atoms with Crippen molar-refractivity contribution in [1.82, 2.24) is 0 Å². The quantitative estimate of drug-likeness (QED) is 0.756. The van der Waals surface area contributed by atoms with Crippen molar-refractivity contribution in [3.8, 4) is 0 Å². The molecule has 3 heterocycles. The van der Waals surface area contributed by atoms with E-state index in [1.54, 1.807) is 26.0 Å². The fraction of sp³-hybridized carbons (Fsp3) is 0.625. The van der Waals surface area contributed by atoms with Gasteiger partial charge >= 0.3 is 0 Å². The van der Waals surface area contributed by atoms with Gasteiger partial charge in [0.25, 0.3) is 10.1 Å². The molecule has 8 heteroatoms. The predicted molar refractivity (Wildman–Crippen MR) is 81.7 cm³/mol. The van der Waals surface area contributed by atoms with E-state index in [9.17, 15) is 8.42 Å². The van der Waals surface area contributed by atoms with E-state index in [1.165, 1.54) is 12.1 Å². The average molecular weight is 356 g/mol. The molecule has 0 saturated carbocycles. The van der Waals surface area contributed by atoms with Gasteiger partial charge in [-0.3, -0.25) is 4.18 Å². The average Bonchev–Trinajstić information content (AvgIpc) is 3.07. The van der Waals surface area contributed by atoms with Gasteiger partial charge in [-0.2, -0.15) is 8.42 Å². The van der Waals surface area contributed by atoms with Gasteiger partial charge in [0.15, 0.2) is 12.1 Å². The summed E-state index contributed by atoms with van der Waals surface area (Å²) in [6.45, 7) is 5.67. The minimum absolute atomic E-state index is 0.101. The summed E-state index contributed by atoms with van der Waals surface area (Å²) >= 11 is 0. The zero-order valence-corrected chi connectivity index (χ0v) is 14.5. The van der Waals surface area contributed by atoms with Crippen molar-refractivity contribution in [3.63, 3.8) is 0 Å². The van der Waals surface area contributed by atoms with Crippen molar-refractivity contribution in [1.29, 1.82) is 0 Å². The maximum Gasteiger partial charge on any atom is 0.297 e. The largest absolute Gasteiger partial charge is 0.347 e. The number of hydrogen-bond donors (Lipinski definition) is 0. The van der Waals surface area contributed by atoms with Crippen LogP contribution < -0.4 is 0 Å². The molecule has 3 fully saturated rings. The van der Waals surface area contributed by atoms with Crippen LogP contribution in [0.25, 0.3) is 0 Å². The zero-order valence-electron chi connectivity index (χ0n) is 13.7. The van der Waals surface area contributed by atoms with E-state index in [4.69, 9.17) is 23.1 Å². The predicted octanol–water partition coefficient (Wildman–Crippen LogP) is 1.34. The van der Waals surface area contributed by atoms with Gasteiger partial charge in [-0.15, -0.1) is 0 Å². The highest BCUT2D eigenvalue weighted by molar-refractivity contribution is 7.86. The third-order valence-electron chi connectivity index (χ3n) is 4.40. The molecule has 24 heavy (non-hydrogen) atoms. The first-order chi connectivity index (χ1) is 11.3. The van der Waals surface area contributed by atoms with Crippen molar-refractivity contribution < 1.29 is 31.5 Å². The Morgan fingerprint density at radius 1 is 1.12 bits per heavy atom. The molecular formula is C16H20O7S. The van der Waals surface area contributed by atoms with Crippen LogP contribution in [0.5, 0.6) is 0 Å². The van der Waals surface area contributed by atoms with Crippen LogP contribution in [-0.4, -0.2) is 51.5 Å². The molecule has 4 rings (SSSR count). The van der Waals surface area contributed by atoms with Gasteiger partial charge in [0, 0.05) is 0 Å². The van der Waals surface area contributed by atoms with E-state index in [-0.39, 0.29) is 11.5 Å². The lowest BCUT2D eigenvalue weighted by atomic mass is 10.0. The second kappa shape index (κ2) is 5.48. The van der Waals surface area contributed by atoms with Crippen LogP contribution in [0.3, 0.4) is 0 Å². The van der Waals surface area contributed by atoms with Crippen LogP contribution in [0.15, 0.2) is 29.2 Å². The van der Waals surface area contributed by atoms with Crippen molar-refractivity contribution in [2.75, 3.05) is 6.61 Å². The van der Waals surface area contributed by atoms with Crippen LogP contribution >= 0.6 is 0 Å². The van der Waals surface area contributed by atoms with E-state index in [2.05, 4.69) is 0 Å². The third kappa shape index (κ3) is 2.77. The Kier molecular flexibility index (Phi) is 3.76. The normalized spacial score (nSPS) is 37.4. The topological polar surface area (TPSA) is 80.3 Å². The van der Waals surface area contributed by atoms with Crippen molar-refractivity contribution in [3.05, 3.63) is 29.8 Å². The van der Waals surface area contributed by atoms with Crippen molar-refractivity contribution in [2.24, 2.45) is 0 Å². The molecule has 3 aliphatic rings. The Bertz CT molecular complexity index is 727. The molecule has 0 N–H and O–H groups in total. The SMILES string of the molecule is Cc1ccc(S(=O)(=O)O[C@H]2[C@H]3OC(C)(C)O[C@@H]3[C@H]3OC[C@@H]2O3)cc1. The van der Waals surface area contributed by atoms with E-state index >= 15 is 0 Å². The first kappa shape index (κ1) is 16.4. The molecule has 1 aromatic rings. The smallest absolute Gasteiger partial charge is 0.297 e. The number of benzene rings is 1. The van der Waals surface area contributed by atoms with Crippen LogP contribution in [-0.2, 0) is 33.2 Å². The van der Waals surface area contributed by atoms with Gasteiger partial charge in [0.05, 0.1) is 11.5 Å². The highest BCUT2D eigenvalue weighted by Crippen LogP contribution is 2.42. The monoisotopic (exact) mass is 356 g/mol. The van der Waals surface area contributed by atoms with E-state index in [0.717, 1.165) is 5.56 Å². The highest BCUT2D eigenvalue weighted by atomic mass is 32.2. The van der Waals surface area contributed by atoms with Crippen LogP contribution in [0, 0.1) is 6.92 Å². The summed E-state index contributed by atoms with van der Waals surface area (Å²) in [5.41, 5.74) is 0.969. The molecule has 0 radical (unpaired) electrons. The van der Waals surface area contributed by atoms with E-state index in [0.29, 0.717) is 0 Å². The van der Waals surface area contributed by atoms with Crippen LogP contribution in [0.2, 0.25) is 0 Å². The molecule has 0 amide bonds. The zero-order chi connectivity index (χ0) is 17.1. The number of ether oxygens (including phenoxy) is 4. The maximum absolute atomic E-state index is 12.6. The maximum atomic E-state index is 12.6. The standard InChI is InChI=1S/C16H20O7S/c1-9-4-6-10(7-5-9)24(17,18)23-12-11-8-19-15(20-11)14-13(12)21-16(2,3)22-14/h4-7,11-15H,8H2,1-3H3/t11-,12+,13+,14-,15-/m0/s1. The van der Waals surface area contributed by atoms with Crippen molar-refractivity contribution in [2.45, 2.75) is 62.2 Å². The van der Waals surface area contributed by atoms with Gasteiger partial charge in [0.1, 0.15) is 24.4 Å². The third-order valence-corrected chi connectivity index (χ3v) is 5.73. The number of aryl methyl sites for hydroxylation is 1. The molecule has 0 spiro atoms. The minimum Gasteiger partial charge on any atom is -0.347 e. The van der Waals surface area contributed by atoms with E-state index < -0.39 is 46.6 Å². The lowest BCUT2D eigenvalue weighted by Gasteiger charge is -2.34. The second-order valence-corrected chi connectivity index (χ2v) is 8.34. The molecule has 7 nitrogen and oxygen atoms in total. The number of rotatable bonds is 3. The lowest BCUT2D eigenvalue weighted by molar-refractivity contribution is -0.195.